The molecule has 1 aliphatic rings. The van der Waals surface area contributed by atoms with E-state index in [4.69, 9.17) is 0 Å². The third-order valence-electron chi connectivity index (χ3n) is 5.09. The van der Waals surface area contributed by atoms with Crippen molar-refractivity contribution in [2.45, 2.75) is 25.8 Å². The van der Waals surface area contributed by atoms with Gasteiger partial charge in [-0.05, 0) is 55.3 Å². The molecule has 0 saturated carbocycles. The number of carbonyl (C=O) groups excluding carboxylic acids is 3. The average molecular weight is 401 g/mol. The molecule has 0 aliphatic carbocycles. The third-order valence-corrected chi connectivity index (χ3v) is 5.09. The fourth-order valence-electron chi connectivity index (χ4n) is 3.49. The Morgan fingerprint density at radius 2 is 1.55 bits per heavy atom. The van der Waals surface area contributed by atoms with Crippen LogP contribution in [0, 0.1) is 11.6 Å². The zero-order valence-corrected chi connectivity index (χ0v) is 16.1. The van der Waals surface area contributed by atoms with E-state index in [-0.39, 0.29) is 13.0 Å². The van der Waals surface area contributed by atoms with Crippen LogP contribution in [-0.2, 0) is 15.1 Å². The molecule has 0 bridgehead atoms. The number of halogens is 2. The van der Waals surface area contributed by atoms with E-state index < -0.39 is 41.6 Å². The number of imide groups is 1. The van der Waals surface area contributed by atoms with E-state index in [0.717, 1.165) is 4.90 Å². The maximum absolute atomic E-state index is 13.3. The number of likely N-dealkylation sites (N-methyl/N-ethyl adjacent to an activating group) is 1. The van der Waals surface area contributed by atoms with Gasteiger partial charge in [-0.15, -0.1) is 0 Å². The van der Waals surface area contributed by atoms with Gasteiger partial charge < -0.3 is 10.2 Å². The second-order valence-electron chi connectivity index (χ2n) is 6.70. The number of hydrogen-bond acceptors (Lipinski definition) is 3. The van der Waals surface area contributed by atoms with Crippen LogP contribution in [0.4, 0.5) is 19.3 Å². The zero-order chi connectivity index (χ0) is 21.2. The van der Waals surface area contributed by atoms with Crippen molar-refractivity contribution in [3.8, 4) is 0 Å². The molecule has 0 unspecified atom stereocenters. The highest BCUT2D eigenvalue weighted by Gasteiger charge is 2.51. The van der Waals surface area contributed by atoms with Crippen molar-refractivity contribution in [1.29, 1.82) is 0 Å². The van der Waals surface area contributed by atoms with Crippen molar-refractivity contribution < 1.29 is 23.2 Å². The lowest BCUT2D eigenvalue weighted by Crippen LogP contribution is -2.45. The van der Waals surface area contributed by atoms with Crippen LogP contribution in [0.15, 0.2) is 48.5 Å². The van der Waals surface area contributed by atoms with Gasteiger partial charge in [-0.25, -0.2) is 13.6 Å². The summed E-state index contributed by atoms with van der Waals surface area (Å²) in [5, 5.41) is 2.66. The number of carbonyl (C=O) groups is 3. The molecule has 0 spiro atoms. The lowest BCUT2D eigenvalue weighted by atomic mass is 9.87. The average Bonchev–Trinajstić information content (AvgIpc) is 2.95. The summed E-state index contributed by atoms with van der Waals surface area (Å²) in [6.07, 6.45) is 0.239. The lowest BCUT2D eigenvalue weighted by Gasteiger charge is -2.26. The Morgan fingerprint density at radius 3 is 2.07 bits per heavy atom. The second-order valence-corrected chi connectivity index (χ2v) is 6.70. The molecule has 1 N–H and O–H groups in total. The summed E-state index contributed by atoms with van der Waals surface area (Å²) in [7, 11) is 0. The third kappa shape index (κ3) is 3.70. The van der Waals surface area contributed by atoms with E-state index in [1.165, 1.54) is 53.4 Å². The van der Waals surface area contributed by atoms with Gasteiger partial charge in [0.25, 0.3) is 5.91 Å². The number of hydrogen-bond donors (Lipinski definition) is 1. The first kappa shape index (κ1) is 20.4. The molecule has 0 radical (unpaired) electrons. The summed E-state index contributed by atoms with van der Waals surface area (Å²) in [6, 6.07) is 10.0. The van der Waals surface area contributed by atoms with Crippen molar-refractivity contribution >= 4 is 23.5 Å². The number of amides is 4. The molecule has 0 aromatic heterocycles. The Morgan fingerprint density at radius 1 is 1.00 bits per heavy atom. The highest BCUT2D eigenvalue weighted by molar-refractivity contribution is 6.10. The molecule has 1 fully saturated rings. The van der Waals surface area contributed by atoms with Gasteiger partial charge in [-0.3, -0.25) is 14.5 Å². The quantitative estimate of drug-likeness (QED) is 0.756. The van der Waals surface area contributed by atoms with Crippen LogP contribution in [0.3, 0.4) is 0 Å². The second kappa shape index (κ2) is 7.98. The topological polar surface area (TPSA) is 69.7 Å². The molecule has 152 valence electrons. The standard InChI is InChI=1S/C21H21F2N3O3/c1-3-21(14-5-7-15(22)8-6-14)19(28)26(20(29)24-21)13-18(27)25(4-2)17-11-9-16(23)10-12-17/h5-12H,3-4,13H2,1-2H3,(H,24,29)/t21-/m1/s1. The molecule has 3 rings (SSSR count). The molecule has 2 aromatic rings. The molecule has 6 nitrogen and oxygen atoms in total. The molecule has 1 heterocycles. The lowest BCUT2D eigenvalue weighted by molar-refractivity contribution is -0.134. The molecule has 29 heavy (non-hydrogen) atoms. The summed E-state index contributed by atoms with van der Waals surface area (Å²) in [5.41, 5.74) is -0.440. The largest absolute Gasteiger partial charge is 0.325 e. The highest BCUT2D eigenvalue weighted by Crippen LogP contribution is 2.32. The van der Waals surface area contributed by atoms with E-state index in [9.17, 15) is 23.2 Å². The SMILES string of the molecule is CCN(C(=O)CN1C(=O)N[C@](CC)(c2ccc(F)cc2)C1=O)c1ccc(F)cc1. The van der Waals surface area contributed by atoms with E-state index in [1.807, 2.05) is 0 Å². The van der Waals surface area contributed by atoms with Crippen molar-refractivity contribution in [1.82, 2.24) is 10.2 Å². The van der Waals surface area contributed by atoms with Crippen molar-refractivity contribution in [3.05, 3.63) is 65.7 Å². The normalized spacial score (nSPS) is 18.7. The van der Waals surface area contributed by atoms with Gasteiger partial charge in [0.05, 0.1) is 0 Å². The minimum absolute atomic E-state index is 0.239. The van der Waals surface area contributed by atoms with Crippen molar-refractivity contribution in [2.75, 3.05) is 18.0 Å². The van der Waals surface area contributed by atoms with Crippen LogP contribution in [-0.4, -0.2) is 35.8 Å². The van der Waals surface area contributed by atoms with Crippen LogP contribution in [0.5, 0.6) is 0 Å². The number of nitrogens with zero attached hydrogens (tertiary/aromatic N) is 2. The monoisotopic (exact) mass is 401 g/mol. The number of anilines is 1. The van der Waals surface area contributed by atoms with E-state index >= 15 is 0 Å². The molecule has 2 aromatic carbocycles. The molecule has 1 atom stereocenters. The molecule has 8 heteroatoms. The van der Waals surface area contributed by atoms with Gasteiger partial charge >= 0.3 is 6.03 Å². The molecule has 1 aliphatic heterocycles. The van der Waals surface area contributed by atoms with Crippen LogP contribution in [0.25, 0.3) is 0 Å². The first-order chi connectivity index (χ1) is 13.8. The molecular formula is C21H21F2N3O3. The number of urea groups is 1. The van der Waals surface area contributed by atoms with Crippen LogP contribution < -0.4 is 10.2 Å². The van der Waals surface area contributed by atoms with Gasteiger partial charge in [-0.1, -0.05) is 19.1 Å². The Bertz CT molecular complexity index is 931. The first-order valence-electron chi connectivity index (χ1n) is 9.28. The van der Waals surface area contributed by atoms with E-state index in [1.54, 1.807) is 13.8 Å². The predicted molar refractivity (Wildman–Crippen MR) is 103 cm³/mol. The van der Waals surface area contributed by atoms with Gasteiger partial charge in [0.15, 0.2) is 0 Å². The van der Waals surface area contributed by atoms with Crippen molar-refractivity contribution in [3.63, 3.8) is 0 Å². The maximum atomic E-state index is 13.3. The summed E-state index contributed by atoms with van der Waals surface area (Å²) in [4.78, 5) is 40.7. The van der Waals surface area contributed by atoms with Crippen molar-refractivity contribution in [2.24, 2.45) is 0 Å². The number of nitrogens with one attached hydrogen (secondary N) is 1. The zero-order valence-electron chi connectivity index (χ0n) is 16.1. The Balaban J connectivity index is 1.84. The highest BCUT2D eigenvalue weighted by atomic mass is 19.1. The van der Waals surface area contributed by atoms with Gasteiger partial charge in [0.2, 0.25) is 5.91 Å². The Hall–Kier alpha value is -3.29. The summed E-state index contributed by atoms with van der Waals surface area (Å²) in [6.45, 7) is 3.29. The first-order valence-corrected chi connectivity index (χ1v) is 9.28. The fraction of sp³-hybridized carbons (Fsp3) is 0.286. The smallest absolute Gasteiger partial charge is 0.319 e. The Labute approximate surface area is 167 Å². The molecule has 1 saturated heterocycles. The predicted octanol–water partition coefficient (Wildman–Crippen LogP) is 3.18. The Kier molecular flexibility index (Phi) is 5.63. The van der Waals surface area contributed by atoms with Crippen LogP contribution in [0.2, 0.25) is 0 Å². The summed E-state index contributed by atoms with van der Waals surface area (Å²) < 4.78 is 26.4. The fourth-order valence-corrected chi connectivity index (χ4v) is 3.49. The van der Waals surface area contributed by atoms with Gasteiger partial charge in [-0.2, -0.15) is 0 Å². The molecule has 4 amide bonds. The minimum atomic E-state index is -1.35. The summed E-state index contributed by atoms with van der Waals surface area (Å²) >= 11 is 0. The van der Waals surface area contributed by atoms with Crippen LogP contribution >= 0.6 is 0 Å². The number of benzene rings is 2. The van der Waals surface area contributed by atoms with Gasteiger partial charge in [0.1, 0.15) is 23.7 Å². The van der Waals surface area contributed by atoms with E-state index in [0.29, 0.717) is 11.3 Å². The van der Waals surface area contributed by atoms with E-state index in [2.05, 4.69) is 5.32 Å². The number of rotatable bonds is 6. The minimum Gasteiger partial charge on any atom is -0.319 e. The molecular weight excluding hydrogens is 380 g/mol. The maximum Gasteiger partial charge on any atom is 0.325 e. The summed E-state index contributed by atoms with van der Waals surface area (Å²) in [5.74, 6) is -1.94. The van der Waals surface area contributed by atoms with Crippen LogP contribution in [0.1, 0.15) is 25.8 Å². The van der Waals surface area contributed by atoms with Gasteiger partial charge in [0, 0.05) is 12.2 Å².